The lowest BCUT2D eigenvalue weighted by molar-refractivity contribution is -0.137. The minimum atomic E-state index is -4.67. The van der Waals surface area contributed by atoms with Crippen molar-refractivity contribution in [3.63, 3.8) is 0 Å². The molecule has 3 aromatic heterocycles. The number of piperazine rings is 1. The number of nitrogens with zero attached hydrogens (tertiary/aromatic N) is 10. The van der Waals surface area contributed by atoms with Crippen molar-refractivity contribution in [2.45, 2.75) is 81.8 Å². The van der Waals surface area contributed by atoms with Crippen LogP contribution in [-0.4, -0.2) is 158 Å². The third kappa shape index (κ3) is 9.82. The number of nitrogens with one attached hydrogen (secondary N) is 1. The number of fused-ring (bicyclic) bond motifs is 2. The van der Waals surface area contributed by atoms with Crippen LogP contribution >= 0.6 is 0 Å². The number of pyridine rings is 1. The van der Waals surface area contributed by atoms with Gasteiger partial charge in [0.05, 0.1) is 42.7 Å². The number of piperidine rings is 3. The minimum Gasteiger partial charge on any atom is -0.379 e. The Morgan fingerprint density at radius 2 is 1.69 bits per heavy atom. The third-order valence-electron chi connectivity index (χ3n) is 16.0. The number of aromatic nitrogens is 5. The van der Waals surface area contributed by atoms with Gasteiger partial charge in [0.2, 0.25) is 11.8 Å². The molecule has 2 aromatic carbocycles. The van der Waals surface area contributed by atoms with E-state index in [-0.39, 0.29) is 36.4 Å². The molecule has 0 spiro atoms. The molecule has 17 nitrogen and oxygen atoms in total. The molecule has 1 unspecified atom stereocenters. The monoisotopic (exact) mass is 993 g/mol. The van der Waals surface area contributed by atoms with E-state index in [2.05, 4.69) is 41.2 Å². The van der Waals surface area contributed by atoms with Crippen molar-refractivity contribution in [2.24, 2.45) is 13.0 Å². The average Bonchev–Trinajstić information content (AvgIpc) is 4.03. The molecule has 11 rings (SSSR count). The summed E-state index contributed by atoms with van der Waals surface area (Å²) in [4.78, 5) is 62.5. The molecule has 9 heterocycles. The number of imidazole rings is 1. The Labute approximate surface area is 415 Å². The van der Waals surface area contributed by atoms with E-state index < -0.39 is 34.8 Å². The Bertz CT molecular complexity index is 2900. The molecule has 20 heteroatoms. The molecule has 382 valence electrons. The number of anilines is 1. The number of carbonyl (C=O) groups is 3. The highest BCUT2D eigenvalue weighted by Gasteiger charge is 2.43. The highest BCUT2D eigenvalue weighted by Crippen LogP contribution is 2.38. The maximum absolute atomic E-state index is 14.7. The highest BCUT2D eigenvalue weighted by atomic mass is 19.4. The van der Waals surface area contributed by atoms with Gasteiger partial charge >= 0.3 is 11.9 Å². The summed E-state index contributed by atoms with van der Waals surface area (Å²) in [7, 11) is 1.88. The van der Waals surface area contributed by atoms with Crippen LogP contribution in [0.5, 0.6) is 0 Å². The molecule has 0 aliphatic carbocycles. The molecule has 0 saturated carbocycles. The number of halogens is 3. The Balaban J connectivity index is 0.641. The van der Waals surface area contributed by atoms with Crippen LogP contribution in [0.4, 0.5) is 18.9 Å². The molecule has 5 saturated heterocycles. The van der Waals surface area contributed by atoms with Gasteiger partial charge in [-0.15, -0.1) is 10.2 Å². The average molecular weight is 994 g/mol. The van der Waals surface area contributed by atoms with Gasteiger partial charge in [-0.3, -0.25) is 38.5 Å². The van der Waals surface area contributed by atoms with Crippen LogP contribution in [0.1, 0.15) is 77.0 Å². The van der Waals surface area contributed by atoms with Crippen LogP contribution in [0, 0.1) is 5.92 Å². The maximum atomic E-state index is 14.7. The van der Waals surface area contributed by atoms with Gasteiger partial charge in [-0.1, -0.05) is 12.1 Å². The van der Waals surface area contributed by atoms with Crippen LogP contribution in [0.15, 0.2) is 72.0 Å². The lowest BCUT2D eigenvalue weighted by Crippen LogP contribution is -2.52. The number of carbonyl (C=O) groups excluding carboxylic acids is 3. The van der Waals surface area contributed by atoms with Crippen molar-refractivity contribution in [2.75, 3.05) is 90.2 Å². The van der Waals surface area contributed by atoms with Crippen LogP contribution in [0.25, 0.3) is 11.2 Å². The molecule has 72 heavy (non-hydrogen) atoms. The van der Waals surface area contributed by atoms with Gasteiger partial charge in [0.1, 0.15) is 18.2 Å². The Morgan fingerprint density at radius 3 is 2.43 bits per heavy atom. The Hall–Kier alpha value is -5.93. The second kappa shape index (κ2) is 19.8. The SMILES string of the molecule is Cn1cnnc1CC1(c2cccc(-n3cc4c(C(F)(F)F)cc(CN5CCC[C@H](OCCN6CCC(CN7CCN(c8ccc9c(c8)CN(C8CCC(=O)NC8=O)C9=O)CC7)CC6)C5)cn4c3=O)c2)COC1. The summed E-state index contributed by atoms with van der Waals surface area (Å²) in [5.74, 6) is 0.577. The first kappa shape index (κ1) is 48.3. The molecule has 6 aliphatic rings. The van der Waals surface area contributed by atoms with E-state index in [0.29, 0.717) is 68.5 Å². The molecule has 0 bridgehead atoms. The number of hydrogen-bond donors (Lipinski definition) is 1. The Kier molecular flexibility index (Phi) is 13.3. The fourth-order valence-corrected chi connectivity index (χ4v) is 11.8. The fraction of sp³-hybridized carbons (Fsp3) is 0.538. The predicted molar refractivity (Wildman–Crippen MR) is 260 cm³/mol. The largest absolute Gasteiger partial charge is 0.418 e. The zero-order chi connectivity index (χ0) is 49.7. The predicted octanol–water partition coefficient (Wildman–Crippen LogP) is 4.02. The number of rotatable bonds is 14. The first-order valence-electron chi connectivity index (χ1n) is 25.4. The van der Waals surface area contributed by atoms with Gasteiger partial charge in [-0.25, -0.2) is 4.79 Å². The van der Waals surface area contributed by atoms with Gasteiger partial charge in [-0.05, 0) is 111 Å². The smallest absolute Gasteiger partial charge is 0.379 e. The molecule has 6 aliphatic heterocycles. The van der Waals surface area contributed by atoms with E-state index in [1.807, 2.05) is 41.9 Å². The molecule has 5 fully saturated rings. The summed E-state index contributed by atoms with van der Waals surface area (Å²) >= 11 is 0. The van der Waals surface area contributed by atoms with Crippen molar-refractivity contribution in [3.05, 3.63) is 111 Å². The van der Waals surface area contributed by atoms with Gasteiger partial charge < -0.3 is 28.7 Å². The molecule has 1 N–H and O–H groups in total. The van der Waals surface area contributed by atoms with Crippen molar-refractivity contribution < 1.29 is 37.0 Å². The molecule has 3 amide bonds. The summed E-state index contributed by atoms with van der Waals surface area (Å²) in [5.41, 5.74) is 2.46. The van der Waals surface area contributed by atoms with Crippen LogP contribution in [0.2, 0.25) is 0 Å². The number of amides is 3. The molecule has 5 aromatic rings. The van der Waals surface area contributed by atoms with E-state index in [1.165, 1.54) is 16.8 Å². The van der Waals surface area contributed by atoms with E-state index in [4.69, 9.17) is 9.47 Å². The summed E-state index contributed by atoms with van der Waals surface area (Å²) < 4.78 is 60.6. The van der Waals surface area contributed by atoms with Gasteiger partial charge in [0.15, 0.2) is 0 Å². The number of aryl methyl sites for hydroxylation is 1. The van der Waals surface area contributed by atoms with Gasteiger partial charge in [0, 0.05) is 108 Å². The topological polar surface area (TPSA) is 155 Å². The van der Waals surface area contributed by atoms with Gasteiger partial charge in [0.25, 0.3) is 5.91 Å². The van der Waals surface area contributed by atoms with E-state index >= 15 is 0 Å². The standard InChI is InChI=1S/C52H62F3N11O6/c1-59-34-56-58-46(59)25-51(32-71-33-51)38-4-2-5-40(24-38)64-31-45-43(52(53,54)55)22-36(28-66(45)50(64)70)27-62-13-3-6-41(30-62)72-21-20-60-14-11-35(12-15-60)26-61-16-18-63(19-17-61)39-7-8-42-37(23-39)29-65(49(42)69)44-9-10-47(67)57-48(44)68/h2,4-5,7-8,22-24,28,31,34-35,41,44H,3,6,9-21,25-27,29-30,32-33H2,1H3,(H,57,67,68)/t41-,44?/m0/s1. The van der Waals surface area contributed by atoms with E-state index in [0.717, 1.165) is 112 Å². The normalized spacial score (nSPS) is 22.7. The first-order chi connectivity index (χ1) is 34.8. The summed E-state index contributed by atoms with van der Waals surface area (Å²) in [5, 5.41) is 10.6. The summed E-state index contributed by atoms with van der Waals surface area (Å²) in [6, 6.07) is 13.9. The van der Waals surface area contributed by atoms with Gasteiger partial charge in [-0.2, -0.15) is 13.2 Å². The second-order valence-corrected chi connectivity index (χ2v) is 20.8. The first-order valence-corrected chi connectivity index (χ1v) is 25.4. The quantitative estimate of drug-likeness (QED) is 0.160. The number of imide groups is 1. The summed E-state index contributed by atoms with van der Waals surface area (Å²) in [6.45, 7) is 11.2. The molecular formula is C52H62F3N11O6. The van der Waals surface area contributed by atoms with Crippen molar-refractivity contribution in [1.82, 2.24) is 48.6 Å². The van der Waals surface area contributed by atoms with Crippen molar-refractivity contribution in [1.29, 1.82) is 0 Å². The van der Waals surface area contributed by atoms with E-state index in [1.54, 1.807) is 23.5 Å². The zero-order valence-electron chi connectivity index (χ0n) is 40.7. The fourth-order valence-electron chi connectivity index (χ4n) is 11.8. The minimum absolute atomic E-state index is 0.0262. The second-order valence-electron chi connectivity index (χ2n) is 20.8. The van der Waals surface area contributed by atoms with Crippen LogP contribution < -0.4 is 15.9 Å². The number of likely N-dealkylation sites (tertiary alicyclic amines) is 2. The lowest BCUT2D eigenvalue weighted by Gasteiger charge is -2.41. The molecule has 2 atom stereocenters. The summed E-state index contributed by atoms with van der Waals surface area (Å²) in [6.07, 6.45) is 4.96. The van der Waals surface area contributed by atoms with E-state index in [9.17, 15) is 32.3 Å². The maximum Gasteiger partial charge on any atom is 0.418 e. The molecular weight excluding hydrogens is 932 g/mol. The van der Waals surface area contributed by atoms with Crippen LogP contribution in [0.3, 0.4) is 0 Å². The lowest BCUT2D eigenvalue weighted by atomic mass is 9.75. The number of alkyl halides is 3. The number of hydrogen-bond acceptors (Lipinski definition) is 12. The molecule has 0 radical (unpaired) electrons. The van der Waals surface area contributed by atoms with Crippen molar-refractivity contribution >= 4 is 28.9 Å². The number of benzene rings is 2. The zero-order valence-corrected chi connectivity index (χ0v) is 40.7. The van der Waals surface area contributed by atoms with Crippen LogP contribution in [-0.2, 0) is 57.2 Å². The Morgan fingerprint density at radius 1 is 0.875 bits per heavy atom. The third-order valence-corrected chi connectivity index (χ3v) is 16.0. The highest BCUT2D eigenvalue weighted by molar-refractivity contribution is 6.05. The number of ether oxygens (including phenoxy) is 2. The van der Waals surface area contributed by atoms with Crippen molar-refractivity contribution in [3.8, 4) is 5.69 Å².